The second-order valence-electron chi connectivity index (χ2n) is 11.3. The number of rotatable bonds is 30. The van der Waals surface area contributed by atoms with Gasteiger partial charge >= 0.3 is 11.9 Å². The summed E-state index contributed by atoms with van der Waals surface area (Å²) < 4.78 is 5.82. The van der Waals surface area contributed by atoms with Crippen molar-refractivity contribution in [1.82, 2.24) is 0 Å². The maximum absolute atomic E-state index is 12.5. The maximum atomic E-state index is 12.5. The van der Waals surface area contributed by atoms with Crippen LogP contribution >= 0.6 is 0 Å². The minimum absolute atomic E-state index is 0.0743. The molecule has 0 rings (SSSR count). The van der Waals surface area contributed by atoms with Crippen LogP contribution in [0.5, 0.6) is 0 Å². The van der Waals surface area contributed by atoms with Gasteiger partial charge in [-0.05, 0) is 70.3 Å². The fraction of sp³-hybridized carbons (Fsp3) is 0.829. The van der Waals surface area contributed by atoms with E-state index in [9.17, 15) is 9.59 Å². The Balaban J connectivity index is 3.93. The van der Waals surface area contributed by atoms with Crippen molar-refractivity contribution < 1.29 is 19.4 Å². The minimum Gasteiger partial charge on any atom is -0.481 e. The summed E-state index contributed by atoms with van der Waals surface area (Å²) in [7, 11) is 0. The molecule has 0 heterocycles. The van der Waals surface area contributed by atoms with Gasteiger partial charge in [-0.2, -0.15) is 0 Å². The van der Waals surface area contributed by atoms with Crippen LogP contribution in [0, 0.1) is 0 Å². The Bertz CT molecular complexity index is 595. The lowest BCUT2D eigenvalue weighted by atomic mass is 10.1. The van der Waals surface area contributed by atoms with E-state index in [2.05, 4.69) is 38.2 Å². The molecule has 1 atom stereocenters. The summed E-state index contributed by atoms with van der Waals surface area (Å²) in [4.78, 5) is 23.1. The fourth-order valence-corrected chi connectivity index (χ4v) is 4.85. The van der Waals surface area contributed by atoms with Gasteiger partial charge in [0.2, 0.25) is 0 Å². The van der Waals surface area contributed by atoms with Gasteiger partial charge in [-0.3, -0.25) is 9.59 Å². The van der Waals surface area contributed by atoms with Gasteiger partial charge in [0.05, 0.1) is 0 Å². The first-order chi connectivity index (χ1) is 19.1. The smallest absolute Gasteiger partial charge is 0.306 e. The zero-order valence-electron chi connectivity index (χ0n) is 25.9. The Kier molecular flexibility index (Phi) is 29.7. The van der Waals surface area contributed by atoms with E-state index >= 15 is 0 Å². The molecule has 0 saturated heterocycles. The molecule has 0 saturated carbocycles. The third-order valence-electron chi connectivity index (χ3n) is 7.38. The van der Waals surface area contributed by atoms with Gasteiger partial charge in [0.25, 0.3) is 0 Å². The highest BCUT2D eigenvalue weighted by Crippen LogP contribution is 2.15. The molecular weight excluding hydrogens is 484 g/mol. The quantitative estimate of drug-likeness (QED) is 0.0550. The molecule has 4 nitrogen and oxygen atoms in total. The molecule has 0 aromatic rings. The summed E-state index contributed by atoms with van der Waals surface area (Å²) in [6.07, 6.45) is 37.8. The first-order valence-corrected chi connectivity index (χ1v) is 16.8. The third kappa shape index (κ3) is 30.8. The number of ether oxygens (including phenoxy) is 1. The van der Waals surface area contributed by atoms with Crippen LogP contribution in [0.15, 0.2) is 24.3 Å². The molecule has 0 bridgehead atoms. The van der Waals surface area contributed by atoms with Gasteiger partial charge in [-0.25, -0.2) is 0 Å². The summed E-state index contributed by atoms with van der Waals surface area (Å²) in [5.41, 5.74) is 0. The summed E-state index contributed by atoms with van der Waals surface area (Å²) in [5, 5.41) is 8.77. The van der Waals surface area contributed by atoms with E-state index in [1.807, 2.05) is 0 Å². The molecule has 0 amide bonds. The van der Waals surface area contributed by atoms with Crippen LogP contribution in [0.2, 0.25) is 0 Å². The van der Waals surface area contributed by atoms with Gasteiger partial charge in [0.15, 0.2) is 0 Å². The van der Waals surface area contributed by atoms with Gasteiger partial charge < -0.3 is 9.84 Å². The number of aliphatic carboxylic acids is 1. The van der Waals surface area contributed by atoms with Crippen molar-refractivity contribution in [3.63, 3.8) is 0 Å². The number of carboxylic acid groups (broad SMARTS) is 1. The predicted molar refractivity (Wildman–Crippen MR) is 167 cm³/mol. The molecule has 228 valence electrons. The molecule has 0 fully saturated rings. The van der Waals surface area contributed by atoms with E-state index in [4.69, 9.17) is 9.84 Å². The zero-order valence-corrected chi connectivity index (χ0v) is 25.9. The van der Waals surface area contributed by atoms with Crippen LogP contribution < -0.4 is 0 Å². The SMILES string of the molecule is CCCCCC/C=C\C(CCCCCCC(=O)O)OC(=O)CCCCCCC/C=C\CCCCCCCCC. The molecule has 1 N–H and O–H groups in total. The molecule has 0 aliphatic rings. The first-order valence-electron chi connectivity index (χ1n) is 16.8. The molecule has 0 aromatic carbocycles. The lowest BCUT2D eigenvalue weighted by Gasteiger charge is -2.15. The van der Waals surface area contributed by atoms with Crippen LogP contribution in [0.4, 0.5) is 0 Å². The summed E-state index contributed by atoms with van der Waals surface area (Å²) in [6, 6.07) is 0. The monoisotopic (exact) mass is 548 g/mol. The standard InChI is InChI=1S/C35H64O4/c1-3-5-7-9-11-12-13-14-15-16-17-18-19-20-22-28-32-35(38)39-33(29-25-21-10-8-6-4-2)30-26-23-24-27-31-34(36)37/h15-16,25,29,33H,3-14,17-24,26-28,30-32H2,1-2H3,(H,36,37)/b16-15-,29-25-. The number of hydrogen-bond acceptors (Lipinski definition) is 3. The average Bonchev–Trinajstić information content (AvgIpc) is 2.91. The molecule has 0 radical (unpaired) electrons. The number of carbonyl (C=O) groups excluding carboxylic acids is 1. The number of hydrogen-bond donors (Lipinski definition) is 1. The lowest BCUT2D eigenvalue weighted by molar-refractivity contribution is -0.147. The van der Waals surface area contributed by atoms with Gasteiger partial charge in [0.1, 0.15) is 6.10 Å². The highest BCUT2D eigenvalue weighted by Gasteiger charge is 2.11. The van der Waals surface area contributed by atoms with Crippen molar-refractivity contribution in [3.8, 4) is 0 Å². The Morgan fingerprint density at radius 3 is 1.56 bits per heavy atom. The van der Waals surface area contributed by atoms with Crippen LogP contribution in [0.25, 0.3) is 0 Å². The molecule has 0 spiro atoms. The summed E-state index contributed by atoms with van der Waals surface area (Å²) in [6.45, 7) is 4.49. The van der Waals surface area contributed by atoms with Crippen molar-refractivity contribution >= 4 is 11.9 Å². The second kappa shape index (κ2) is 31.0. The molecule has 0 aromatic heterocycles. The number of carboxylic acids is 1. The Morgan fingerprint density at radius 2 is 1.00 bits per heavy atom. The topological polar surface area (TPSA) is 63.6 Å². The molecule has 4 heteroatoms. The van der Waals surface area contributed by atoms with Crippen molar-refractivity contribution in [2.75, 3.05) is 0 Å². The molecular formula is C35H64O4. The van der Waals surface area contributed by atoms with E-state index in [0.29, 0.717) is 6.42 Å². The zero-order chi connectivity index (χ0) is 28.7. The number of unbranched alkanes of at least 4 members (excludes halogenated alkanes) is 19. The summed E-state index contributed by atoms with van der Waals surface area (Å²) >= 11 is 0. The number of allylic oxidation sites excluding steroid dienone is 3. The van der Waals surface area contributed by atoms with Crippen molar-refractivity contribution in [2.45, 2.75) is 187 Å². The maximum Gasteiger partial charge on any atom is 0.306 e. The van der Waals surface area contributed by atoms with Crippen molar-refractivity contribution in [2.24, 2.45) is 0 Å². The van der Waals surface area contributed by atoms with E-state index in [0.717, 1.165) is 51.4 Å². The summed E-state index contributed by atoms with van der Waals surface area (Å²) in [5.74, 6) is -0.798. The lowest BCUT2D eigenvalue weighted by Crippen LogP contribution is -2.16. The number of carbonyl (C=O) groups is 2. The van der Waals surface area contributed by atoms with Crippen LogP contribution in [0.3, 0.4) is 0 Å². The third-order valence-corrected chi connectivity index (χ3v) is 7.38. The van der Waals surface area contributed by atoms with Crippen LogP contribution in [-0.4, -0.2) is 23.1 Å². The highest BCUT2D eigenvalue weighted by atomic mass is 16.5. The molecule has 39 heavy (non-hydrogen) atoms. The fourth-order valence-electron chi connectivity index (χ4n) is 4.85. The van der Waals surface area contributed by atoms with Crippen LogP contribution in [-0.2, 0) is 14.3 Å². The minimum atomic E-state index is -0.723. The van der Waals surface area contributed by atoms with E-state index in [1.54, 1.807) is 0 Å². The average molecular weight is 549 g/mol. The van der Waals surface area contributed by atoms with Crippen molar-refractivity contribution in [3.05, 3.63) is 24.3 Å². The highest BCUT2D eigenvalue weighted by molar-refractivity contribution is 5.69. The second-order valence-corrected chi connectivity index (χ2v) is 11.3. The Labute approximate surface area is 242 Å². The normalized spacial score (nSPS) is 12.5. The van der Waals surface area contributed by atoms with Crippen molar-refractivity contribution in [1.29, 1.82) is 0 Å². The van der Waals surface area contributed by atoms with Gasteiger partial charge in [-0.1, -0.05) is 122 Å². The van der Waals surface area contributed by atoms with Gasteiger partial charge in [-0.15, -0.1) is 0 Å². The number of esters is 1. The predicted octanol–water partition coefficient (Wildman–Crippen LogP) is 11.3. The van der Waals surface area contributed by atoms with Gasteiger partial charge in [0, 0.05) is 12.8 Å². The largest absolute Gasteiger partial charge is 0.481 e. The Morgan fingerprint density at radius 1 is 0.564 bits per heavy atom. The first kappa shape index (κ1) is 37.4. The molecule has 0 aliphatic heterocycles. The van der Waals surface area contributed by atoms with Crippen LogP contribution in [0.1, 0.15) is 181 Å². The molecule has 0 aliphatic carbocycles. The van der Waals surface area contributed by atoms with E-state index in [-0.39, 0.29) is 18.5 Å². The van der Waals surface area contributed by atoms with E-state index in [1.165, 1.54) is 103 Å². The van der Waals surface area contributed by atoms with E-state index < -0.39 is 5.97 Å². The molecule has 1 unspecified atom stereocenters. The Hall–Kier alpha value is -1.58.